The van der Waals surface area contributed by atoms with Crippen molar-refractivity contribution in [2.24, 2.45) is 11.3 Å². The third-order valence-electron chi connectivity index (χ3n) is 12.7. The number of hydrogen-bond acceptors (Lipinski definition) is 10. The van der Waals surface area contributed by atoms with Gasteiger partial charge in [0.15, 0.2) is 0 Å². The average Bonchev–Trinajstić information content (AvgIpc) is 3.83. The molecule has 334 valence electrons. The van der Waals surface area contributed by atoms with E-state index in [1.807, 2.05) is 45.5 Å². The molecule has 0 aliphatic carbocycles. The lowest BCUT2D eigenvalue weighted by Crippen LogP contribution is -2.64. The summed E-state index contributed by atoms with van der Waals surface area (Å²) in [6.45, 7) is 14.8. The predicted molar refractivity (Wildman–Crippen MR) is 240 cm³/mol. The van der Waals surface area contributed by atoms with E-state index in [0.717, 1.165) is 51.2 Å². The number of urea groups is 1. The number of aryl methyl sites for hydroxylation is 1. The number of fused-ring (bicyclic) bond motifs is 6. The Morgan fingerprint density at radius 3 is 2.56 bits per heavy atom. The van der Waals surface area contributed by atoms with Crippen LogP contribution >= 0.6 is 11.3 Å². The molecular formula is C46H63N9O6S. The molecule has 15 nitrogen and oxygen atoms in total. The number of carbonyl (C=O) groups is 4. The van der Waals surface area contributed by atoms with Crippen molar-refractivity contribution < 1.29 is 28.7 Å². The van der Waals surface area contributed by atoms with Gasteiger partial charge < -0.3 is 34.1 Å². The summed E-state index contributed by atoms with van der Waals surface area (Å²) >= 11 is 1.43. The van der Waals surface area contributed by atoms with Crippen LogP contribution in [0.25, 0.3) is 33.4 Å². The fourth-order valence-corrected chi connectivity index (χ4v) is 10.3. The van der Waals surface area contributed by atoms with Crippen molar-refractivity contribution >= 4 is 46.0 Å². The molecule has 3 aliphatic heterocycles. The number of rotatable bonds is 9. The van der Waals surface area contributed by atoms with E-state index in [2.05, 4.69) is 60.3 Å². The molecule has 2 saturated heterocycles. The molecule has 1 aromatic carbocycles. The third kappa shape index (κ3) is 8.97. The summed E-state index contributed by atoms with van der Waals surface area (Å²) in [5.41, 5.74) is 9.78. The molecule has 7 rings (SSSR count). The second kappa shape index (κ2) is 18.4. The van der Waals surface area contributed by atoms with Gasteiger partial charge in [-0.3, -0.25) is 24.4 Å². The van der Waals surface area contributed by atoms with Crippen molar-refractivity contribution in [2.75, 3.05) is 54.5 Å². The van der Waals surface area contributed by atoms with Crippen LogP contribution in [0.2, 0.25) is 0 Å². The minimum atomic E-state index is -1.02. The highest BCUT2D eigenvalue weighted by atomic mass is 32.1. The summed E-state index contributed by atoms with van der Waals surface area (Å²) in [5.74, 6) is -1.16. The van der Waals surface area contributed by atoms with Gasteiger partial charge in [-0.25, -0.2) is 15.2 Å². The van der Waals surface area contributed by atoms with E-state index in [0.29, 0.717) is 50.4 Å². The highest BCUT2D eigenvalue weighted by Gasteiger charge is 2.41. The van der Waals surface area contributed by atoms with Crippen molar-refractivity contribution in [3.8, 4) is 22.5 Å². The second-order valence-electron chi connectivity index (χ2n) is 18.2. The first-order valence-electron chi connectivity index (χ1n) is 21.8. The number of likely N-dealkylation sites (tertiary alicyclic amines) is 1. The Morgan fingerprint density at radius 1 is 1.11 bits per heavy atom. The van der Waals surface area contributed by atoms with E-state index in [4.69, 9.17) is 19.4 Å². The first-order valence-corrected chi connectivity index (χ1v) is 22.7. The fourth-order valence-electron chi connectivity index (χ4n) is 9.46. The van der Waals surface area contributed by atoms with Crippen molar-refractivity contribution in [3.05, 3.63) is 58.2 Å². The Morgan fingerprint density at radius 2 is 1.87 bits per heavy atom. The Kier molecular flexibility index (Phi) is 13.4. The zero-order valence-corrected chi connectivity index (χ0v) is 38.7. The number of ether oxygens (including phenoxy) is 2. The highest BCUT2D eigenvalue weighted by Crippen LogP contribution is 2.42. The van der Waals surface area contributed by atoms with Gasteiger partial charge in [0, 0.05) is 88.0 Å². The number of aromatic nitrogens is 3. The van der Waals surface area contributed by atoms with E-state index < -0.39 is 24.0 Å². The van der Waals surface area contributed by atoms with Gasteiger partial charge in [-0.2, -0.15) is 0 Å². The number of hydrogen-bond donors (Lipinski definition) is 2. The second-order valence-corrected chi connectivity index (χ2v) is 19.1. The monoisotopic (exact) mass is 869 g/mol. The van der Waals surface area contributed by atoms with Crippen molar-refractivity contribution in [1.82, 2.24) is 45.0 Å². The lowest BCUT2D eigenvalue weighted by Gasteiger charge is -2.42. The molecule has 3 aliphatic rings. The highest BCUT2D eigenvalue weighted by molar-refractivity contribution is 7.10. The predicted octanol–water partition coefficient (Wildman–Crippen LogP) is 5.52. The van der Waals surface area contributed by atoms with Crippen LogP contribution in [0.4, 0.5) is 4.79 Å². The molecule has 16 heteroatoms. The number of amides is 5. The number of methoxy groups -OCH3 is 2. The van der Waals surface area contributed by atoms with Gasteiger partial charge in [0.2, 0.25) is 11.8 Å². The molecule has 0 spiro atoms. The van der Waals surface area contributed by atoms with Gasteiger partial charge in [-0.05, 0) is 74.3 Å². The first-order chi connectivity index (χ1) is 29.5. The lowest BCUT2D eigenvalue weighted by atomic mass is 9.83. The maximum absolute atomic E-state index is 14.6. The number of carbonyl (C=O) groups excluding carboxylic acids is 4. The van der Waals surface area contributed by atoms with E-state index in [-0.39, 0.29) is 47.8 Å². The smallest absolute Gasteiger partial charge is 0.320 e. The Hall–Kier alpha value is -4.90. The molecule has 62 heavy (non-hydrogen) atoms. The Bertz CT molecular complexity index is 2300. The number of hydrazine groups is 1. The van der Waals surface area contributed by atoms with Crippen LogP contribution in [0, 0.1) is 11.3 Å². The number of likely N-dealkylation sites (N-methyl/N-ethyl adjacent to an activating group) is 2. The van der Waals surface area contributed by atoms with Gasteiger partial charge in [0.1, 0.15) is 18.1 Å². The minimum Gasteiger partial charge on any atom is -0.378 e. The number of nitrogens with one attached hydrogen (secondary N) is 2. The standard InChI is InChI=1S/C46H63N9O6S/c1-11-54-37-17-16-29-20-32(37)33(41(54)31-14-12-18-47-39(31)28(4)60-9)22-46(5,6)26-51(7)43(57)34-15-13-19-55(50-34)44(58)35(21-38-48-36(29)25-62-38)49-42(56)40(27(2)3)52(8)45(59)53-23-30(24-53)61-10/h12,14,16-18,20,25,27-28,30,34-35,40,50H,11,13,15,19,21-24,26H2,1-10H3,(H,49,56)/t28-,34-,35-,40?/m0/s1. The topological polar surface area (TPSA) is 154 Å². The largest absolute Gasteiger partial charge is 0.378 e. The maximum atomic E-state index is 14.6. The molecule has 5 amide bonds. The van der Waals surface area contributed by atoms with Crippen molar-refractivity contribution in [1.29, 1.82) is 0 Å². The normalized spacial score (nSPS) is 20.9. The van der Waals surface area contributed by atoms with Crippen molar-refractivity contribution in [2.45, 2.75) is 104 Å². The fraction of sp³-hybridized carbons (Fsp3) is 0.565. The molecule has 0 saturated carbocycles. The van der Waals surface area contributed by atoms with Crippen LogP contribution in [-0.2, 0) is 43.2 Å². The molecule has 0 radical (unpaired) electrons. The molecule has 4 aromatic rings. The summed E-state index contributed by atoms with van der Waals surface area (Å²) in [4.78, 5) is 71.5. The van der Waals surface area contributed by atoms with Gasteiger partial charge in [0.25, 0.3) is 5.91 Å². The van der Waals surface area contributed by atoms with Crippen LogP contribution in [0.3, 0.4) is 0 Å². The number of thiazole rings is 1. The molecule has 4 atom stereocenters. The van der Waals surface area contributed by atoms with E-state index in [1.165, 1.54) is 21.2 Å². The summed E-state index contributed by atoms with van der Waals surface area (Å²) < 4.78 is 13.5. The summed E-state index contributed by atoms with van der Waals surface area (Å²) in [5, 5.41) is 8.30. The summed E-state index contributed by atoms with van der Waals surface area (Å²) in [6, 6.07) is 7.77. The lowest BCUT2D eigenvalue weighted by molar-refractivity contribution is -0.146. The number of nitrogens with zero attached hydrogens (tertiary/aromatic N) is 7. The van der Waals surface area contributed by atoms with E-state index >= 15 is 0 Å². The molecule has 2 fully saturated rings. The molecule has 3 aromatic heterocycles. The quantitative estimate of drug-likeness (QED) is 0.221. The Balaban J connectivity index is 1.30. The summed E-state index contributed by atoms with van der Waals surface area (Å²) in [6.07, 6.45) is 3.48. The SMILES string of the molecule is CCn1c(-c2cccnc2[C@H](C)OC)c2c3cc(ccc31)-c1csc(n1)C[C@H](NC(=O)C(C(C)C)N(C)C(=O)N1CC(OC)C1)C(=O)N1CCC[C@H](N1)C(=O)N(C)CC(C)(C)C2. The zero-order chi connectivity index (χ0) is 44.6. The van der Waals surface area contributed by atoms with E-state index in [9.17, 15) is 19.2 Å². The van der Waals surface area contributed by atoms with Gasteiger partial charge >= 0.3 is 6.03 Å². The van der Waals surface area contributed by atoms with Crippen LogP contribution < -0.4 is 10.7 Å². The average molecular weight is 870 g/mol. The third-order valence-corrected chi connectivity index (χ3v) is 13.5. The van der Waals surface area contributed by atoms with Crippen LogP contribution in [0.5, 0.6) is 0 Å². The number of benzene rings is 1. The van der Waals surface area contributed by atoms with Crippen LogP contribution in [-0.4, -0.2) is 137 Å². The van der Waals surface area contributed by atoms with Gasteiger partial charge in [-0.15, -0.1) is 11.3 Å². The summed E-state index contributed by atoms with van der Waals surface area (Å²) in [7, 11) is 6.78. The van der Waals surface area contributed by atoms with Crippen LogP contribution in [0.1, 0.15) is 76.8 Å². The molecule has 2 N–H and O–H groups in total. The van der Waals surface area contributed by atoms with Gasteiger partial charge in [-0.1, -0.05) is 33.8 Å². The maximum Gasteiger partial charge on any atom is 0.320 e. The van der Waals surface area contributed by atoms with Crippen LogP contribution in [0.15, 0.2) is 41.9 Å². The molecule has 6 bridgehead atoms. The minimum absolute atomic E-state index is 0.0328. The first kappa shape index (κ1) is 45.1. The molecule has 1 unspecified atom stereocenters. The van der Waals surface area contributed by atoms with E-state index in [1.54, 1.807) is 31.1 Å². The Labute approximate surface area is 369 Å². The molecular weight excluding hydrogens is 807 g/mol. The zero-order valence-electron chi connectivity index (χ0n) is 37.9. The van der Waals surface area contributed by atoms with Gasteiger partial charge in [0.05, 0.1) is 47.4 Å². The van der Waals surface area contributed by atoms with Crippen molar-refractivity contribution in [3.63, 3.8) is 0 Å². The molecule has 6 heterocycles. The number of pyridine rings is 1.